The summed E-state index contributed by atoms with van der Waals surface area (Å²) in [5.41, 5.74) is 8.53. The fourth-order valence-electron chi connectivity index (χ4n) is 4.12. The second kappa shape index (κ2) is 10.1. The molecule has 29 heavy (non-hydrogen) atoms. The summed E-state index contributed by atoms with van der Waals surface area (Å²) in [6.45, 7) is 6.35. The Morgan fingerprint density at radius 3 is 2.69 bits per heavy atom. The van der Waals surface area contributed by atoms with Crippen LogP contribution in [0.2, 0.25) is 0 Å². The van der Waals surface area contributed by atoms with Crippen molar-refractivity contribution < 1.29 is 14.4 Å². The molecule has 3 N–H and O–H groups in total. The molecule has 7 nitrogen and oxygen atoms in total. The number of nitrogens with one attached hydrogen (secondary N) is 1. The summed E-state index contributed by atoms with van der Waals surface area (Å²) in [6, 6.07) is 5.90. The van der Waals surface area contributed by atoms with Crippen LogP contribution in [0.3, 0.4) is 0 Å². The average Bonchev–Trinajstić information content (AvgIpc) is 3.09. The standard InChI is InChI=1S/C21H30N4O3.ClH/c1-14-5-3-7-18(15(14)2)25-13-17(11-19(25)26)21(28)24-10-4-6-16(12-24)20(27)23-9-8-22;/h3,5,7,16-17H,4,6,8-13,22H2,1-2H3,(H,23,27);1H. The van der Waals surface area contributed by atoms with E-state index in [4.69, 9.17) is 5.73 Å². The van der Waals surface area contributed by atoms with Gasteiger partial charge in [-0.05, 0) is 43.9 Å². The molecule has 0 saturated carbocycles. The zero-order chi connectivity index (χ0) is 20.3. The van der Waals surface area contributed by atoms with Gasteiger partial charge in [0, 0.05) is 44.8 Å². The number of nitrogens with zero attached hydrogens (tertiary/aromatic N) is 2. The monoisotopic (exact) mass is 422 g/mol. The average molecular weight is 423 g/mol. The molecule has 2 heterocycles. The summed E-state index contributed by atoms with van der Waals surface area (Å²) in [5, 5.41) is 2.81. The van der Waals surface area contributed by atoms with E-state index in [0.29, 0.717) is 32.7 Å². The van der Waals surface area contributed by atoms with E-state index in [1.807, 2.05) is 32.0 Å². The molecule has 2 aliphatic rings. The van der Waals surface area contributed by atoms with Crippen LogP contribution in [0.25, 0.3) is 0 Å². The smallest absolute Gasteiger partial charge is 0.228 e. The Bertz CT molecular complexity index is 770. The van der Waals surface area contributed by atoms with Crippen molar-refractivity contribution in [2.45, 2.75) is 33.1 Å². The van der Waals surface area contributed by atoms with Gasteiger partial charge in [0.05, 0.1) is 11.8 Å². The molecule has 2 saturated heterocycles. The van der Waals surface area contributed by atoms with Crippen molar-refractivity contribution in [1.82, 2.24) is 10.2 Å². The lowest BCUT2D eigenvalue weighted by molar-refractivity contribution is -0.139. The SMILES string of the molecule is Cc1cccc(N2CC(C(=O)N3CCCC(C(=O)NCCN)C3)CC2=O)c1C.Cl. The maximum Gasteiger partial charge on any atom is 0.228 e. The van der Waals surface area contributed by atoms with Gasteiger partial charge in [0.15, 0.2) is 0 Å². The Morgan fingerprint density at radius 1 is 1.21 bits per heavy atom. The van der Waals surface area contributed by atoms with Gasteiger partial charge in [0.2, 0.25) is 17.7 Å². The number of aryl methyl sites for hydroxylation is 1. The molecule has 0 bridgehead atoms. The number of benzene rings is 1. The van der Waals surface area contributed by atoms with Crippen LogP contribution in [0, 0.1) is 25.7 Å². The number of hydrogen-bond donors (Lipinski definition) is 2. The summed E-state index contributed by atoms with van der Waals surface area (Å²) < 4.78 is 0. The molecule has 2 aliphatic heterocycles. The van der Waals surface area contributed by atoms with Gasteiger partial charge in [-0.1, -0.05) is 12.1 Å². The second-order valence-corrected chi connectivity index (χ2v) is 7.83. The van der Waals surface area contributed by atoms with Crippen molar-refractivity contribution >= 4 is 35.8 Å². The Morgan fingerprint density at radius 2 is 1.97 bits per heavy atom. The molecule has 8 heteroatoms. The van der Waals surface area contributed by atoms with Crippen molar-refractivity contribution in [3.05, 3.63) is 29.3 Å². The third kappa shape index (κ3) is 5.08. The first-order valence-electron chi connectivity index (χ1n) is 10.1. The second-order valence-electron chi connectivity index (χ2n) is 7.83. The van der Waals surface area contributed by atoms with Crippen LogP contribution >= 0.6 is 12.4 Å². The molecule has 1 aromatic carbocycles. The molecule has 3 rings (SSSR count). The Labute approximate surface area is 178 Å². The maximum atomic E-state index is 13.1. The molecule has 2 fully saturated rings. The summed E-state index contributed by atoms with van der Waals surface area (Å²) in [4.78, 5) is 41.4. The molecule has 2 atom stereocenters. The van der Waals surface area contributed by atoms with Crippen molar-refractivity contribution in [1.29, 1.82) is 0 Å². The Hall–Kier alpha value is -2.12. The molecule has 0 aliphatic carbocycles. The molecular formula is C21H31ClN4O3. The predicted molar refractivity (Wildman–Crippen MR) is 115 cm³/mol. The summed E-state index contributed by atoms with van der Waals surface area (Å²) in [7, 11) is 0. The minimum Gasteiger partial charge on any atom is -0.355 e. The number of rotatable bonds is 5. The van der Waals surface area contributed by atoms with Gasteiger partial charge in [-0.3, -0.25) is 14.4 Å². The molecule has 0 radical (unpaired) electrons. The first-order valence-corrected chi connectivity index (χ1v) is 10.1. The van der Waals surface area contributed by atoms with Gasteiger partial charge in [-0.15, -0.1) is 12.4 Å². The molecule has 160 valence electrons. The molecule has 1 aromatic rings. The zero-order valence-corrected chi connectivity index (χ0v) is 18.0. The number of carbonyl (C=O) groups excluding carboxylic acids is 3. The summed E-state index contributed by atoms with van der Waals surface area (Å²) in [6.07, 6.45) is 1.80. The number of piperidine rings is 1. The van der Waals surface area contributed by atoms with Gasteiger partial charge >= 0.3 is 0 Å². The minimum atomic E-state index is -0.349. The highest BCUT2D eigenvalue weighted by atomic mass is 35.5. The van der Waals surface area contributed by atoms with Crippen LogP contribution in [0.1, 0.15) is 30.4 Å². The lowest BCUT2D eigenvalue weighted by atomic mass is 9.95. The van der Waals surface area contributed by atoms with Gasteiger partial charge < -0.3 is 20.9 Å². The highest BCUT2D eigenvalue weighted by Gasteiger charge is 2.39. The van der Waals surface area contributed by atoms with E-state index in [1.165, 1.54) is 0 Å². The topological polar surface area (TPSA) is 95.7 Å². The molecule has 0 spiro atoms. The number of likely N-dealkylation sites (tertiary alicyclic amines) is 1. The number of carbonyl (C=O) groups is 3. The van der Waals surface area contributed by atoms with Crippen molar-refractivity contribution in [2.75, 3.05) is 37.6 Å². The number of anilines is 1. The summed E-state index contributed by atoms with van der Waals surface area (Å²) >= 11 is 0. The van der Waals surface area contributed by atoms with Crippen LogP contribution in [0.15, 0.2) is 18.2 Å². The van der Waals surface area contributed by atoms with Crippen LogP contribution in [0.4, 0.5) is 5.69 Å². The highest BCUT2D eigenvalue weighted by molar-refractivity contribution is 6.01. The quantitative estimate of drug-likeness (QED) is 0.749. The van der Waals surface area contributed by atoms with Crippen LogP contribution in [-0.4, -0.2) is 55.3 Å². The number of halogens is 1. The lowest BCUT2D eigenvalue weighted by Crippen LogP contribution is -2.48. The van der Waals surface area contributed by atoms with Crippen LogP contribution in [0.5, 0.6) is 0 Å². The Kier molecular flexibility index (Phi) is 8.05. The van der Waals surface area contributed by atoms with Gasteiger partial charge in [-0.25, -0.2) is 0 Å². The fourth-order valence-corrected chi connectivity index (χ4v) is 4.12. The molecule has 3 amide bonds. The molecule has 2 unspecified atom stereocenters. The number of amides is 3. The lowest BCUT2D eigenvalue weighted by Gasteiger charge is -2.33. The van der Waals surface area contributed by atoms with E-state index in [9.17, 15) is 14.4 Å². The van der Waals surface area contributed by atoms with E-state index < -0.39 is 0 Å². The van der Waals surface area contributed by atoms with E-state index >= 15 is 0 Å². The number of hydrogen-bond acceptors (Lipinski definition) is 4. The summed E-state index contributed by atoms with van der Waals surface area (Å²) in [5.74, 6) is -0.615. The van der Waals surface area contributed by atoms with E-state index in [2.05, 4.69) is 5.32 Å². The first kappa shape index (κ1) is 23.2. The first-order chi connectivity index (χ1) is 13.4. The van der Waals surface area contributed by atoms with Crippen molar-refractivity contribution in [3.8, 4) is 0 Å². The van der Waals surface area contributed by atoms with Gasteiger partial charge in [0.1, 0.15) is 0 Å². The van der Waals surface area contributed by atoms with E-state index in [0.717, 1.165) is 29.7 Å². The predicted octanol–water partition coefficient (Wildman–Crippen LogP) is 1.39. The third-order valence-electron chi connectivity index (χ3n) is 5.89. The zero-order valence-electron chi connectivity index (χ0n) is 17.1. The van der Waals surface area contributed by atoms with Crippen molar-refractivity contribution in [2.24, 2.45) is 17.6 Å². The Balaban J connectivity index is 0.00000300. The molecule has 0 aromatic heterocycles. The fraction of sp³-hybridized carbons (Fsp3) is 0.571. The number of nitrogens with two attached hydrogens (primary N) is 1. The normalized spacial score (nSPS) is 21.7. The highest BCUT2D eigenvalue weighted by Crippen LogP contribution is 2.31. The van der Waals surface area contributed by atoms with E-state index in [1.54, 1.807) is 9.80 Å². The maximum absolute atomic E-state index is 13.1. The largest absolute Gasteiger partial charge is 0.355 e. The van der Waals surface area contributed by atoms with E-state index in [-0.39, 0.29) is 48.4 Å². The van der Waals surface area contributed by atoms with Gasteiger partial charge in [0.25, 0.3) is 0 Å². The van der Waals surface area contributed by atoms with Gasteiger partial charge in [-0.2, -0.15) is 0 Å². The third-order valence-corrected chi connectivity index (χ3v) is 5.89. The molecular weight excluding hydrogens is 392 g/mol. The minimum absolute atomic E-state index is 0. The van der Waals surface area contributed by atoms with Crippen molar-refractivity contribution in [3.63, 3.8) is 0 Å². The van der Waals surface area contributed by atoms with Crippen LogP contribution in [-0.2, 0) is 14.4 Å². The van der Waals surface area contributed by atoms with Crippen LogP contribution < -0.4 is 16.0 Å².